The third-order valence-corrected chi connectivity index (χ3v) is 8.83. The molecular formula is C34H28Cl2F3N3O4. The van der Waals surface area contributed by atoms with E-state index in [-0.39, 0.29) is 52.0 Å². The number of hydrogen-bond acceptors (Lipinski definition) is 5. The number of nitrogens with zero attached hydrogens (tertiary/aromatic N) is 3. The van der Waals surface area contributed by atoms with E-state index in [1.165, 1.54) is 30.3 Å². The lowest BCUT2D eigenvalue weighted by Gasteiger charge is -2.28. The van der Waals surface area contributed by atoms with Gasteiger partial charge in [0.05, 0.1) is 36.0 Å². The Morgan fingerprint density at radius 3 is 2.50 bits per heavy atom. The van der Waals surface area contributed by atoms with Gasteiger partial charge >= 0.3 is 5.97 Å². The molecule has 1 unspecified atom stereocenters. The van der Waals surface area contributed by atoms with Gasteiger partial charge in [-0.2, -0.15) is 0 Å². The molecule has 7 nitrogen and oxygen atoms in total. The highest BCUT2D eigenvalue weighted by atomic mass is 35.5. The number of hydrogen-bond donors (Lipinski definition) is 1. The molecular weight excluding hydrogens is 642 g/mol. The number of halogens is 5. The molecule has 3 heterocycles. The van der Waals surface area contributed by atoms with E-state index in [1.54, 1.807) is 6.07 Å². The molecule has 0 spiro atoms. The molecule has 0 aliphatic carbocycles. The minimum Gasteiger partial charge on any atom is -0.478 e. The van der Waals surface area contributed by atoms with Crippen LogP contribution in [0.4, 0.5) is 13.2 Å². The van der Waals surface area contributed by atoms with E-state index in [1.807, 2.05) is 31.4 Å². The van der Waals surface area contributed by atoms with Crippen LogP contribution in [0.3, 0.4) is 0 Å². The van der Waals surface area contributed by atoms with Crippen molar-refractivity contribution in [3.05, 3.63) is 110 Å². The summed E-state index contributed by atoms with van der Waals surface area (Å²) in [6.45, 7) is 6.47. The molecule has 46 heavy (non-hydrogen) atoms. The van der Waals surface area contributed by atoms with Crippen LogP contribution < -0.4 is 4.74 Å². The van der Waals surface area contributed by atoms with Crippen molar-refractivity contribution in [3.8, 4) is 17.1 Å². The number of carboxylic acids is 1. The van der Waals surface area contributed by atoms with Crippen LogP contribution in [0, 0.1) is 29.8 Å². The molecule has 2 aromatic heterocycles. The largest absolute Gasteiger partial charge is 0.478 e. The molecule has 0 amide bonds. The molecule has 5 aromatic rings. The lowest BCUT2D eigenvalue weighted by Crippen LogP contribution is -2.27. The van der Waals surface area contributed by atoms with E-state index in [4.69, 9.17) is 32.7 Å². The predicted molar refractivity (Wildman–Crippen MR) is 168 cm³/mol. The number of aromatic nitrogens is 3. The van der Waals surface area contributed by atoms with Gasteiger partial charge in [-0.1, -0.05) is 49.2 Å². The fraction of sp³-hybridized carbons (Fsp3) is 0.265. The molecule has 0 bridgehead atoms. The van der Waals surface area contributed by atoms with E-state index in [9.17, 15) is 18.7 Å². The number of aromatic carboxylic acids is 1. The Hall–Kier alpha value is -4.12. The third kappa shape index (κ3) is 6.04. The quantitative estimate of drug-likeness (QED) is 0.178. The number of benzene rings is 3. The zero-order chi connectivity index (χ0) is 32.9. The number of rotatable bonds is 8. The summed E-state index contributed by atoms with van der Waals surface area (Å²) >= 11 is 12.6. The average molecular weight is 671 g/mol. The van der Waals surface area contributed by atoms with Gasteiger partial charge in [-0.15, -0.1) is 0 Å². The van der Waals surface area contributed by atoms with Crippen molar-refractivity contribution in [3.63, 3.8) is 0 Å². The molecule has 3 aromatic carbocycles. The number of carboxylic acid groups (broad SMARTS) is 1. The Labute approximate surface area is 272 Å². The number of carbonyl (C=O) groups is 1. The smallest absolute Gasteiger partial charge is 0.335 e. The number of pyridine rings is 1. The maximum Gasteiger partial charge on any atom is 0.335 e. The standard InChI is InChI=1S/C34H28Cl2F3N3O4/c1-17-8-19(11-30-41-31-26(39)9-20(33(43)44)10-28(31)42(30)29-15-45-16-34(29,2)3)23(36)13-22(17)27-7-6-24(37)32(40-27)46-14-18-4-5-21(35)12-25(18)38/h4-10,12-13,29H,11,14-16H2,1-3H3,(H,43,44). The van der Waals surface area contributed by atoms with Gasteiger partial charge in [0.1, 0.15) is 23.8 Å². The number of imidazole rings is 1. The van der Waals surface area contributed by atoms with E-state index >= 15 is 4.39 Å². The molecule has 1 saturated heterocycles. The van der Waals surface area contributed by atoms with Gasteiger partial charge in [-0.25, -0.2) is 27.9 Å². The Balaban J connectivity index is 1.35. The normalized spacial score (nSPS) is 15.9. The summed E-state index contributed by atoms with van der Waals surface area (Å²) in [4.78, 5) is 20.7. The Morgan fingerprint density at radius 1 is 1.02 bits per heavy atom. The molecule has 0 radical (unpaired) electrons. The minimum absolute atomic E-state index is 0.0636. The first-order valence-corrected chi connectivity index (χ1v) is 15.1. The average Bonchev–Trinajstić information content (AvgIpc) is 3.53. The maximum atomic E-state index is 15.2. The second-order valence-corrected chi connectivity index (χ2v) is 12.8. The van der Waals surface area contributed by atoms with Gasteiger partial charge in [0.25, 0.3) is 5.88 Å². The van der Waals surface area contributed by atoms with Crippen LogP contribution in [-0.4, -0.2) is 38.8 Å². The van der Waals surface area contributed by atoms with Gasteiger partial charge in [0.15, 0.2) is 11.6 Å². The Morgan fingerprint density at radius 2 is 1.80 bits per heavy atom. The lowest BCUT2D eigenvalue weighted by atomic mass is 9.87. The number of ether oxygens (including phenoxy) is 2. The van der Waals surface area contributed by atoms with Crippen molar-refractivity contribution in [1.82, 2.24) is 14.5 Å². The van der Waals surface area contributed by atoms with Crippen LogP contribution in [0.2, 0.25) is 10.0 Å². The fourth-order valence-electron chi connectivity index (χ4n) is 5.76. The second-order valence-electron chi connectivity index (χ2n) is 12.0. The van der Waals surface area contributed by atoms with E-state index in [0.29, 0.717) is 46.4 Å². The van der Waals surface area contributed by atoms with Crippen molar-refractivity contribution >= 4 is 40.2 Å². The van der Waals surface area contributed by atoms with Gasteiger partial charge in [0.2, 0.25) is 0 Å². The summed E-state index contributed by atoms with van der Waals surface area (Å²) in [5.74, 6) is -3.07. The molecule has 238 valence electrons. The maximum absolute atomic E-state index is 15.2. The highest BCUT2D eigenvalue weighted by Gasteiger charge is 2.39. The van der Waals surface area contributed by atoms with Crippen LogP contribution in [-0.2, 0) is 17.8 Å². The Kier molecular flexibility index (Phi) is 8.47. The van der Waals surface area contributed by atoms with Crippen LogP contribution in [0.15, 0.2) is 54.6 Å². The van der Waals surface area contributed by atoms with Crippen LogP contribution in [0.1, 0.15) is 52.8 Å². The van der Waals surface area contributed by atoms with E-state index < -0.39 is 23.4 Å². The van der Waals surface area contributed by atoms with Gasteiger partial charge in [-0.3, -0.25) is 0 Å². The van der Waals surface area contributed by atoms with Gasteiger partial charge in [-0.05, 0) is 60.5 Å². The highest BCUT2D eigenvalue weighted by molar-refractivity contribution is 6.31. The molecule has 0 saturated carbocycles. The van der Waals surface area contributed by atoms with Crippen molar-refractivity contribution in [2.45, 2.75) is 39.8 Å². The first-order valence-electron chi connectivity index (χ1n) is 14.4. The van der Waals surface area contributed by atoms with Crippen molar-refractivity contribution in [1.29, 1.82) is 0 Å². The Bertz CT molecular complexity index is 2010. The van der Waals surface area contributed by atoms with Crippen molar-refractivity contribution < 1.29 is 32.5 Å². The zero-order valence-corrected chi connectivity index (χ0v) is 26.5. The van der Waals surface area contributed by atoms with Crippen LogP contribution in [0.5, 0.6) is 5.88 Å². The summed E-state index contributed by atoms with van der Waals surface area (Å²) in [5.41, 5.74) is 2.56. The van der Waals surface area contributed by atoms with Crippen LogP contribution >= 0.6 is 23.2 Å². The summed E-state index contributed by atoms with van der Waals surface area (Å²) in [6.07, 6.45) is 0.209. The van der Waals surface area contributed by atoms with Crippen LogP contribution in [0.25, 0.3) is 22.3 Å². The predicted octanol–water partition coefficient (Wildman–Crippen LogP) is 8.60. The lowest BCUT2D eigenvalue weighted by molar-refractivity contribution is 0.0696. The first kappa shape index (κ1) is 31.8. The molecule has 12 heteroatoms. The summed E-state index contributed by atoms with van der Waals surface area (Å²) in [6, 6.07) is 12.5. The van der Waals surface area contributed by atoms with Crippen molar-refractivity contribution in [2.24, 2.45) is 5.41 Å². The minimum atomic E-state index is -1.24. The second kappa shape index (κ2) is 12.2. The number of fused-ring (bicyclic) bond motifs is 1. The molecule has 1 fully saturated rings. The molecule has 1 aliphatic heterocycles. The SMILES string of the molecule is Cc1cc(Cc2nc3c(F)cc(C(=O)O)cc3n2C2COCC2(C)C)c(Cl)cc1-c1ccc(F)c(OCc2ccc(Cl)cc2F)n1. The molecule has 6 rings (SSSR count). The number of aryl methyl sites for hydroxylation is 1. The molecule has 1 atom stereocenters. The first-order chi connectivity index (χ1) is 21.8. The van der Waals surface area contributed by atoms with E-state index in [2.05, 4.69) is 9.97 Å². The zero-order valence-electron chi connectivity index (χ0n) is 25.0. The van der Waals surface area contributed by atoms with Gasteiger partial charge < -0.3 is 19.1 Å². The van der Waals surface area contributed by atoms with Gasteiger partial charge in [0, 0.05) is 33.0 Å². The summed E-state index contributed by atoms with van der Waals surface area (Å²) in [7, 11) is 0. The monoisotopic (exact) mass is 669 g/mol. The fourth-order valence-corrected chi connectivity index (χ4v) is 6.15. The summed E-state index contributed by atoms with van der Waals surface area (Å²) < 4.78 is 57.2. The summed E-state index contributed by atoms with van der Waals surface area (Å²) in [5, 5.41) is 10.2. The van der Waals surface area contributed by atoms with Crippen molar-refractivity contribution in [2.75, 3.05) is 13.2 Å². The highest BCUT2D eigenvalue weighted by Crippen LogP contribution is 2.41. The molecule has 1 N–H and O–H groups in total. The third-order valence-electron chi connectivity index (χ3n) is 8.24. The van der Waals surface area contributed by atoms with E-state index in [0.717, 1.165) is 17.7 Å². The molecule has 1 aliphatic rings. The topological polar surface area (TPSA) is 86.5 Å².